The molecule has 98 valence electrons. The first-order chi connectivity index (χ1) is 8.49. The van der Waals surface area contributed by atoms with Crippen LogP contribution in [-0.4, -0.2) is 15.6 Å². The van der Waals surface area contributed by atoms with Gasteiger partial charge >= 0.3 is 0 Å². The van der Waals surface area contributed by atoms with Gasteiger partial charge in [0.2, 0.25) is 5.88 Å². The smallest absolute Gasteiger partial charge is 0.258 e. The molecule has 0 aromatic carbocycles. The van der Waals surface area contributed by atoms with E-state index in [2.05, 4.69) is 30.7 Å². The van der Waals surface area contributed by atoms with Crippen LogP contribution in [0.1, 0.15) is 51.5 Å². The largest absolute Gasteiger partial charge is 0.471 e. The fraction of sp³-hybridized carbons (Fsp3) is 0.714. The maximum absolute atomic E-state index is 12.1. The van der Waals surface area contributed by atoms with Crippen molar-refractivity contribution in [1.29, 1.82) is 0 Å². The van der Waals surface area contributed by atoms with Crippen molar-refractivity contribution in [2.75, 3.05) is 0 Å². The number of ether oxygens (including phenoxy) is 1. The van der Waals surface area contributed by atoms with Gasteiger partial charge in [0.1, 0.15) is 5.60 Å². The summed E-state index contributed by atoms with van der Waals surface area (Å²) in [4.78, 5) is 19.0. The number of hydrogen-bond acceptors (Lipinski definition) is 3. The Hall–Kier alpha value is -1.32. The quantitative estimate of drug-likeness (QED) is 0.767. The molecule has 2 heterocycles. The minimum atomic E-state index is -0.224. The zero-order valence-corrected chi connectivity index (χ0v) is 11.2. The monoisotopic (exact) mass is 248 g/mol. The second kappa shape index (κ2) is 3.84. The van der Waals surface area contributed by atoms with E-state index >= 15 is 0 Å². The summed E-state index contributed by atoms with van der Waals surface area (Å²) in [6.45, 7) is 6.50. The van der Waals surface area contributed by atoms with Crippen molar-refractivity contribution < 1.29 is 4.74 Å². The summed E-state index contributed by atoms with van der Waals surface area (Å²) < 4.78 is 5.97. The topological polar surface area (TPSA) is 55.0 Å². The molecule has 1 aliphatic carbocycles. The average Bonchev–Trinajstić information content (AvgIpc) is 2.27. The van der Waals surface area contributed by atoms with Crippen molar-refractivity contribution in [2.45, 2.75) is 51.6 Å². The van der Waals surface area contributed by atoms with E-state index in [-0.39, 0.29) is 11.2 Å². The van der Waals surface area contributed by atoms with Crippen LogP contribution in [-0.2, 0) is 0 Å². The van der Waals surface area contributed by atoms with E-state index in [1.54, 1.807) is 0 Å². The zero-order valence-electron chi connectivity index (χ0n) is 11.2. The molecule has 0 amide bonds. The fourth-order valence-corrected chi connectivity index (χ4v) is 3.66. The number of fused-ring (bicyclic) bond motifs is 3. The van der Waals surface area contributed by atoms with Crippen LogP contribution in [0.4, 0.5) is 0 Å². The number of nitrogens with one attached hydrogen (secondary N) is 1. The maximum atomic E-state index is 12.1. The second-order valence-corrected chi connectivity index (χ2v) is 6.29. The van der Waals surface area contributed by atoms with Crippen molar-refractivity contribution in [2.24, 2.45) is 11.8 Å². The van der Waals surface area contributed by atoms with Gasteiger partial charge in [0.15, 0.2) is 0 Å². The third kappa shape index (κ3) is 1.66. The SMILES string of the molecule is CC1CCC2C(C1)c1c(nc[nH]c1=O)OC2(C)C. The van der Waals surface area contributed by atoms with Crippen LogP contribution in [0.3, 0.4) is 0 Å². The molecule has 1 aromatic heterocycles. The molecule has 18 heavy (non-hydrogen) atoms. The summed E-state index contributed by atoms with van der Waals surface area (Å²) in [6.07, 6.45) is 4.86. The minimum absolute atomic E-state index is 0.0281. The van der Waals surface area contributed by atoms with Crippen LogP contribution in [0.2, 0.25) is 0 Å². The normalized spacial score (nSPS) is 33.2. The van der Waals surface area contributed by atoms with Gasteiger partial charge in [-0.3, -0.25) is 4.79 Å². The zero-order chi connectivity index (χ0) is 12.9. The summed E-state index contributed by atoms with van der Waals surface area (Å²) in [6, 6.07) is 0. The third-order valence-corrected chi connectivity index (χ3v) is 4.59. The number of H-pyrrole nitrogens is 1. The predicted molar refractivity (Wildman–Crippen MR) is 68.8 cm³/mol. The molecule has 3 unspecified atom stereocenters. The van der Waals surface area contributed by atoms with Gasteiger partial charge < -0.3 is 9.72 Å². The fourth-order valence-electron chi connectivity index (χ4n) is 3.66. The van der Waals surface area contributed by atoms with Crippen molar-refractivity contribution in [3.8, 4) is 5.88 Å². The molecule has 2 aliphatic rings. The Morgan fingerprint density at radius 2 is 2.22 bits per heavy atom. The van der Waals surface area contributed by atoms with Gasteiger partial charge in [-0.1, -0.05) is 13.3 Å². The molecule has 0 bridgehead atoms. The van der Waals surface area contributed by atoms with Gasteiger partial charge in [-0.25, -0.2) is 4.98 Å². The van der Waals surface area contributed by atoms with Gasteiger partial charge in [0.05, 0.1) is 11.9 Å². The highest BCUT2D eigenvalue weighted by Gasteiger charge is 2.47. The van der Waals surface area contributed by atoms with Crippen LogP contribution >= 0.6 is 0 Å². The number of aromatic nitrogens is 2. The second-order valence-electron chi connectivity index (χ2n) is 6.29. The predicted octanol–water partition coefficient (Wildman–Crippen LogP) is 2.46. The number of nitrogens with zero attached hydrogens (tertiary/aromatic N) is 1. The molecular weight excluding hydrogens is 228 g/mol. The molecule has 0 saturated heterocycles. The van der Waals surface area contributed by atoms with Crippen molar-refractivity contribution >= 4 is 0 Å². The summed E-state index contributed by atoms with van der Waals surface area (Å²) in [5.41, 5.74) is 0.520. The first-order valence-electron chi connectivity index (χ1n) is 6.75. The summed E-state index contributed by atoms with van der Waals surface area (Å²) >= 11 is 0. The van der Waals surface area contributed by atoms with Crippen LogP contribution in [0.25, 0.3) is 0 Å². The molecule has 0 spiro atoms. The molecule has 1 aromatic rings. The molecule has 3 atom stereocenters. The number of hydrogen-bond donors (Lipinski definition) is 1. The van der Waals surface area contributed by atoms with Crippen molar-refractivity contribution in [3.63, 3.8) is 0 Å². The Morgan fingerprint density at radius 3 is 3.00 bits per heavy atom. The van der Waals surface area contributed by atoms with E-state index in [0.29, 0.717) is 23.6 Å². The minimum Gasteiger partial charge on any atom is -0.471 e. The van der Waals surface area contributed by atoms with E-state index in [0.717, 1.165) is 18.4 Å². The molecule has 4 nitrogen and oxygen atoms in total. The van der Waals surface area contributed by atoms with Gasteiger partial charge in [0.25, 0.3) is 5.56 Å². The molecule has 3 rings (SSSR count). The van der Waals surface area contributed by atoms with E-state index in [1.165, 1.54) is 12.7 Å². The Kier molecular flexibility index (Phi) is 2.50. The molecule has 0 radical (unpaired) electrons. The summed E-state index contributed by atoms with van der Waals surface area (Å²) in [5.74, 6) is 1.93. The molecule has 1 N–H and O–H groups in total. The Morgan fingerprint density at radius 1 is 1.44 bits per heavy atom. The molecule has 4 heteroatoms. The summed E-state index contributed by atoms with van der Waals surface area (Å²) in [5, 5.41) is 0. The first kappa shape index (κ1) is 11.8. The van der Waals surface area contributed by atoms with Gasteiger partial charge in [-0.2, -0.15) is 0 Å². The highest BCUT2D eigenvalue weighted by molar-refractivity contribution is 5.32. The lowest BCUT2D eigenvalue weighted by Crippen LogP contribution is -2.48. The average molecular weight is 248 g/mol. The molecule has 1 aliphatic heterocycles. The standard InChI is InChI=1S/C14H20N2O2/c1-8-4-5-10-9(6-8)11-12(17)15-7-16-13(11)18-14(10,2)3/h7-10H,4-6H2,1-3H3,(H,15,16,17). The van der Waals surface area contributed by atoms with Crippen LogP contribution in [0.5, 0.6) is 5.88 Å². The van der Waals surface area contributed by atoms with Crippen LogP contribution in [0.15, 0.2) is 11.1 Å². The maximum Gasteiger partial charge on any atom is 0.258 e. The summed E-state index contributed by atoms with van der Waals surface area (Å²) in [7, 11) is 0. The molecular formula is C14H20N2O2. The first-order valence-corrected chi connectivity index (χ1v) is 6.75. The van der Waals surface area contributed by atoms with E-state index in [1.807, 2.05) is 0 Å². The lowest BCUT2D eigenvalue weighted by molar-refractivity contribution is -0.0185. The van der Waals surface area contributed by atoms with Crippen LogP contribution in [0, 0.1) is 11.8 Å². The molecule has 1 fully saturated rings. The Balaban J connectivity index is 2.13. The number of aromatic amines is 1. The van der Waals surface area contributed by atoms with Gasteiger partial charge in [-0.05, 0) is 32.6 Å². The third-order valence-electron chi connectivity index (χ3n) is 4.59. The molecule has 1 saturated carbocycles. The van der Waals surface area contributed by atoms with Crippen molar-refractivity contribution in [3.05, 3.63) is 22.2 Å². The lowest BCUT2D eigenvalue weighted by atomic mass is 9.65. The van der Waals surface area contributed by atoms with E-state index < -0.39 is 0 Å². The van der Waals surface area contributed by atoms with E-state index in [9.17, 15) is 4.79 Å². The van der Waals surface area contributed by atoms with Gasteiger partial charge in [0, 0.05) is 11.8 Å². The van der Waals surface area contributed by atoms with Crippen molar-refractivity contribution in [1.82, 2.24) is 9.97 Å². The highest BCUT2D eigenvalue weighted by atomic mass is 16.5. The Labute approximate surface area is 107 Å². The van der Waals surface area contributed by atoms with E-state index in [4.69, 9.17) is 4.74 Å². The van der Waals surface area contributed by atoms with Crippen LogP contribution < -0.4 is 10.3 Å². The Bertz CT molecular complexity index is 521. The highest BCUT2D eigenvalue weighted by Crippen LogP contribution is 2.50. The van der Waals surface area contributed by atoms with Gasteiger partial charge in [-0.15, -0.1) is 0 Å². The number of rotatable bonds is 0. The lowest BCUT2D eigenvalue weighted by Gasteiger charge is -2.47.